The number of hydrogen-bond acceptors (Lipinski definition) is 2. The van der Waals surface area contributed by atoms with Gasteiger partial charge in [0.05, 0.1) is 5.69 Å². The second kappa shape index (κ2) is 3.84. The van der Waals surface area contributed by atoms with Gasteiger partial charge in [-0.1, -0.05) is 12.1 Å². The molecule has 0 atom stereocenters. The van der Waals surface area contributed by atoms with Crippen LogP contribution >= 0.6 is 0 Å². The lowest BCUT2D eigenvalue weighted by Crippen LogP contribution is -1.98. The van der Waals surface area contributed by atoms with Gasteiger partial charge in [-0.3, -0.25) is 0 Å². The molecule has 0 bridgehead atoms. The summed E-state index contributed by atoms with van der Waals surface area (Å²) in [4.78, 5) is 4.12. The van der Waals surface area contributed by atoms with Crippen molar-refractivity contribution in [1.29, 1.82) is 0 Å². The maximum atomic E-state index is 10.2. The molecule has 0 aliphatic carbocycles. The van der Waals surface area contributed by atoms with Gasteiger partial charge in [-0.2, -0.15) is 0 Å². The number of para-hydroxylation sites is 1. The van der Waals surface area contributed by atoms with Gasteiger partial charge in [-0.25, -0.2) is 4.98 Å². The quantitative estimate of drug-likeness (QED) is 0.662. The maximum absolute atomic E-state index is 10.2. The molecular formula is C11H9N3O. The minimum Gasteiger partial charge on any atom is -0.498 e. The number of rotatable bonds is 1. The van der Waals surface area contributed by atoms with E-state index in [0.29, 0.717) is 5.56 Å². The number of benzene rings is 1. The molecule has 4 nitrogen and oxygen atoms in total. The number of aromatic nitrogens is 2. The van der Waals surface area contributed by atoms with E-state index in [1.807, 2.05) is 35.9 Å². The third-order valence-electron chi connectivity index (χ3n) is 2.16. The number of nitrogens with zero attached hydrogens (tertiary/aromatic N) is 3. The Morgan fingerprint density at radius 2 is 2.20 bits per heavy atom. The molecule has 2 rings (SSSR count). The van der Waals surface area contributed by atoms with Crippen LogP contribution in [0.3, 0.4) is 0 Å². The Balaban J connectivity index is 2.61. The first-order valence-electron chi connectivity index (χ1n) is 4.50. The lowest BCUT2D eigenvalue weighted by molar-refractivity contribution is 0.971. The highest BCUT2D eigenvalue weighted by molar-refractivity contribution is 5.50. The van der Waals surface area contributed by atoms with E-state index < -0.39 is 0 Å². The molecule has 15 heavy (non-hydrogen) atoms. The van der Waals surface area contributed by atoms with Crippen molar-refractivity contribution in [2.24, 2.45) is 0 Å². The van der Waals surface area contributed by atoms with Crippen LogP contribution in [-0.4, -0.2) is 9.55 Å². The maximum Gasteiger partial charge on any atom is 0.338 e. The minimum atomic E-state index is 0.661. The Morgan fingerprint density at radius 3 is 2.87 bits per heavy atom. The Bertz CT molecular complexity index is 534. The molecule has 1 heterocycles. The summed E-state index contributed by atoms with van der Waals surface area (Å²) >= 11 is 0. The highest BCUT2D eigenvalue weighted by Gasteiger charge is 2.07. The first-order chi connectivity index (χ1) is 7.33. The molecule has 1 aromatic carbocycles. The first kappa shape index (κ1) is 9.28. The standard InChI is InChI=1S/C11H9N3O/c1-9-12-6-7-14(9)11-5-3-2-4-10(11)8-13-15/h2-7H,1H3. The van der Waals surface area contributed by atoms with E-state index in [2.05, 4.69) is 16.1 Å². The van der Waals surface area contributed by atoms with Gasteiger partial charge in [0.2, 0.25) is 0 Å². The van der Waals surface area contributed by atoms with Crippen LogP contribution < -0.4 is 0 Å². The van der Waals surface area contributed by atoms with Gasteiger partial charge in [0.15, 0.2) is 0 Å². The molecule has 0 saturated carbocycles. The van der Waals surface area contributed by atoms with Crippen LogP contribution in [-0.2, 0) is 0 Å². The Hall–Kier alpha value is -2.28. The summed E-state index contributed by atoms with van der Waals surface area (Å²) in [5.41, 5.74) is 1.51. The molecule has 0 saturated heterocycles. The van der Waals surface area contributed by atoms with Crippen LogP contribution in [0.25, 0.3) is 10.7 Å². The van der Waals surface area contributed by atoms with Gasteiger partial charge in [0.1, 0.15) is 11.4 Å². The molecule has 0 N–H and O–H groups in total. The van der Waals surface area contributed by atoms with Gasteiger partial charge in [0, 0.05) is 17.4 Å². The predicted molar refractivity (Wildman–Crippen MR) is 58.0 cm³/mol. The molecule has 0 unspecified atom stereocenters. The summed E-state index contributed by atoms with van der Waals surface area (Å²) in [7, 11) is 0. The van der Waals surface area contributed by atoms with Crippen molar-refractivity contribution in [3.05, 3.63) is 58.3 Å². The molecule has 0 spiro atoms. The summed E-state index contributed by atoms with van der Waals surface area (Å²) in [6, 6.07) is 9.82. The fourth-order valence-electron chi connectivity index (χ4n) is 1.46. The fourth-order valence-corrected chi connectivity index (χ4v) is 1.46. The molecule has 4 heteroatoms. The van der Waals surface area contributed by atoms with Crippen molar-refractivity contribution in [2.45, 2.75) is 6.92 Å². The second-order valence-corrected chi connectivity index (χ2v) is 3.06. The minimum absolute atomic E-state index is 0.661. The predicted octanol–water partition coefficient (Wildman–Crippen LogP) is 2.36. The van der Waals surface area contributed by atoms with E-state index in [1.165, 1.54) is 0 Å². The third-order valence-corrected chi connectivity index (χ3v) is 2.16. The van der Waals surface area contributed by atoms with Crippen LogP contribution in [0.2, 0.25) is 0 Å². The van der Waals surface area contributed by atoms with Crippen molar-refractivity contribution >= 4 is 0 Å². The van der Waals surface area contributed by atoms with Crippen molar-refractivity contribution in [3.63, 3.8) is 0 Å². The van der Waals surface area contributed by atoms with Crippen molar-refractivity contribution in [1.82, 2.24) is 9.55 Å². The monoisotopic (exact) mass is 199 g/mol. The molecule has 1 aromatic heterocycles. The van der Waals surface area contributed by atoms with Gasteiger partial charge in [0.25, 0.3) is 0 Å². The van der Waals surface area contributed by atoms with Crippen molar-refractivity contribution < 1.29 is 0 Å². The molecule has 0 fully saturated rings. The first-order valence-corrected chi connectivity index (χ1v) is 4.50. The molecule has 0 radical (unpaired) electrons. The lowest BCUT2D eigenvalue weighted by atomic mass is 10.2. The Labute approximate surface area is 87.2 Å². The molecular weight excluding hydrogens is 190 g/mol. The van der Waals surface area contributed by atoms with E-state index in [-0.39, 0.29) is 0 Å². The summed E-state index contributed by atoms with van der Waals surface area (Å²) < 4.78 is 1.88. The lowest BCUT2D eigenvalue weighted by Gasteiger charge is -2.04. The highest BCUT2D eigenvalue weighted by atomic mass is 16.4. The topological polar surface area (TPSA) is 45.2 Å². The zero-order valence-electron chi connectivity index (χ0n) is 8.21. The SMILES string of the molecule is Cc1nccn1-c1ccccc1C#[N+][O-]. The van der Waals surface area contributed by atoms with Crippen LogP contribution in [0.1, 0.15) is 11.4 Å². The van der Waals surface area contributed by atoms with Gasteiger partial charge < -0.3 is 9.77 Å². The fraction of sp³-hybridized carbons (Fsp3) is 0.0909. The van der Waals surface area contributed by atoms with E-state index in [9.17, 15) is 5.21 Å². The average Bonchev–Trinajstić information content (AvgIpc) is 2.66. The number of hydrogen-bond donors (Lipinski definition) is 0. The van der Waals surface area contributed by atoms with Crippen LogP contribution in [0, 0.1) is 18.2 Å². The largest absolute Gasteiger partial charge is 0.498 e. The smallest absolute Gasteiger partial charge is 0.338 e. The van der Waals surface area contributed by atoms with E-state index in [1.54, 1.807) is 12.3 Å². The van der Waals surface area contributed by atoms with Gasteiger partial charge in [-0.05, 0) is 19.1 Å². The summed E-state index contributed by atoms with van der Waals surface area (Å²) in [6.45, 7) is 1.89. The molecule has 0 aliphatic heterocycles. The number of aryl methyl sites for hydroxylation is 1. The normalized spacial score (nSPS) is 9.40. The number of imidazole rings is 1. The zero-order chi connectivity index (χ0) is 10.7. The zero-order valence-corrected chi connectivity index (χ0v) is 8.21. The van der Waals surface area contributed by atoms with Crippen molar-refractivity contribution in [3.8, 4) is 11.8 Å². The highest BCUT2D eigenvalue weighted by Crippen LogP contribution is 2.14. The van der Waals surface area contributed by atoms with E-state index >= 15 is 0 Å². The van der Waals surface area contributed by atoms with Crippen molar-refractivity contribution in [2.75, 3.05) is 0 Å². The van der Waals surface area contributed by atoms with E-state index in [0.717, 1.165) is 11.5 Å². The summed E-state index contributed by atoms with van der Waals surface area (Å²) in [5.74, 6) is 0.857. The third kappa shape index (κ3) is 1.67. The van der Waals surface area contributed by atoms with Gasteiger partial charge in [-0.15, -0.1) is 0 Å². The molecule has 2 aromatic rings. The Kier molecular flexibility index (Phi) is 2.38. The second-order valence-electron chi connectivity index (χ2n) is 3.06. The average molecular weight is 199 g/mol. The summed E-state index contributed by atoms with van der Waals surface area (Å²) in [6.07, 6.45) is 3.54. The van der Waals surface area contributed by atoms with Crippen LogP contribution in [0.15, 0.2) is 36.7 Å². The summed E-state index contributed by atoms with van der Waals surface area (Å²) in [5, 5.41) is 12.9. The van der Waals surface area contributed by atoms with E-state index in [4.69, 9.17) is 0 Å². The molecule has 0 aliphatic rings. The van der Waals surface area contributed by atoms with Crippen LogP contribution in [0.5, 0.6) is 0 Å². The van der Waals surface area contributed by atoms with Gasteiger partial charge >= 0.3 is 6.07 Å². The molecule has 74 valence electrons. The Morgan fingerprint density at radius 1 is 1.40 bits per heavy atom. The van der Waals surface area contributed by atoms with Crippen LogP contribution in [0.4, 0.5) is 0 Å². The molecule has 0 amide bonds.